The van der Waals surface area contributed by atoms with Gasteiger partial charge in [0.2, 0.25) is 0 Å². The smallest absolute Gasteiger partial charge is 0.262 e. The summed E-state index contributed by atoms with van der Waals surface area (Å²) in [4.78, 5) is 11.5. The number of ether oxygens (including phenoxy) is 1. The van der Waals surface area contributed by atoms with E-state index in [0.717, 1.165) is 5.56 Å². The third-order valence-electron chi connectivity index (χ3n) is 2.33. The minimum atomic E-state index is -0.554. The maximum absolute atomic E-state index is 11.5. The summed E-state index contributed by atoms with van der Waals surface area (Å²) in [5.74, 6) is 0.412. The van der Waals surface area contributed by atoms with Crippen LogP contribution in [0.5, 0.6) is 5.75 Å². The molecule has 5 heteroatoms. The first kappa shape index (κ1) is 10.8. The second kappa shape index (κ2) is 4.42. The average Bonchev–Trinajstić information content (AvgIpc) is 2.68. The highest BCUT2D eigenvalue weighted by Crippen LogP contribution is 2.30. The van der Waals surface area contributed by atoms with E-state index in [-0.39, 0.29) is 12.5 Å². The molecule has 0 fully saturated rings. The van der Waals surface area contributed by atoms with Crippen LogP contribution in [0.25, 0.3) is 0 Å². The van der Waals surface area contributed by atoms with Gasteiger partial charge in [-0.05, 0) is 23.8 Å². The van der Waals surface area contributed by atoms with Crippen LogP contribution in [0.15, 0.2) is 18.2 Å². The van der Waals surface area contributed by atoms with Gasteiger partial charge in [-0.3, -0.25) is 4.79 Å². The Bertz CT molecular complexity index is 468. The van der Waals surface area contributed by atoms with Gasteiger partial charge in [-0.2, -0.15) is 5.26 Å². The SMILES string of the molecule is N#CCNC(=O)[C@@H]1Cc2cc(Cl)ccc2O1. The van der Waals surface area contributed by atoms with Crippen LogP contribution in [0.3, 0.4) is 0 Å². The normalized spacial score (nSPS) is 17.1. The minimum Gasteiger partial charge on any atom is -0.480 e. The summed E-state index contributed by atoms with van der Waals surface area (Å²) >= 11 is 5.84. The van der Waals surface area contributed by atoms with Gasteiger partial charge >= 0.3 is 0 Å². The second-order valence-electron chi connectivity index (χ2n) is 3.44. The van der Waals surface area contributed by atoms with Crippen LogP contribution in [0.1, 0.15) is 5.56 Å². The standard InChI is InChI=1S/C11H9ClN2O2/c12-8-1-2-9-7(5-8)6-10(16-9)11(15)14-4-3-13/h1-2,5,10H,4,6H2,(H,14,15)/t10-/m0/s1. The van der Waals surface area contributed by atoms with Gasteiger partial charge < -0.3 is 10.1 Å². The molecule has 1 aliphatic rings. The predicted molar refractivity (Wildman–Crippen MR) is 58.2 cm³/mol. The van der Waals surface area contributed by atoms with Gasteiger partial charge in [0.25, 0.3) is 5.91 Å². The van der Waals surface area contributed by atoms with E-state index in [1.165, 1.54) is 0 Å². The van der Waals surface area contributed by atoms with Crippen LogP contribution in [0, 0.1) is 11.3 Å². The Morgan fingerprint density at radius 3 is 3.25 bits per heavy atom. The topological polar surface area (TPSA) is 62.1 Å². The largest absolute Gasteiger partial charge is 0.480 e. The van der Waals surface area contributed by atoms with Gasteiger partial charge in [0.15, 0.2) is 6.10 Å². The van der Waals surface area contributed by atoms with Crippen molar-refractivity contribution >= 4 is 17.5 Å². The first-order valence-corrected chi connectivity index (χ1v) is 5.18. The number of rotatable bonds is 2. The van der Waals surface area contributed by atoms with Gasteiger partial charge in [-0.25, -0.2) is 0 Å². The number of carbonyl (C=O) groups is 1. The third kappa shape index (κ3) is 2.10. The first-order chi connectivity index (χ1) is 7.70. The van der Waals surface area contributed by atoms with E-state index in [2.05, 4.69) is 5.32 Å². The van der Waals surface area contributed by atoms with Crippen molar-refractivity contribution in [1.29, 1.82) is 5.26 Å². The number of amides is 1. The highest BCUT2D eigenvalue weighted by molar-refractivity contribution is 6.30. The van der Waals surface area contributed by atoms with Crippen LogP contribution >= 0.6 is 11.6 Å². The van der Waals surface area contributed by atoms with Gasteiger partial charge in [-0.15, -0.1) is 0 Å². The summed E-state index contributed by atoms with van der Waals surface area (Å²) in [6.45, 7) is -0.00417. The summed E-state index contributed by atoms with van der Waals surface area (Å²) in [5.41, 5.74) is 0.921. The fraction of sp³-hybridized carbons (Fsp3) is 0.273. The summed E-state index contributed by atoms with van der Waals surface area (Å²) in [7, 11) is 0. The molecule has 0 aromatic heterocycles. The van der Waals surface area contributed by atoms with Crippen molar-refractivity contribution in [2.75, 3.05) is 6.54 Å². The molecule has 0 saturated heterocycles. The maximum atomic E-state index is 11.5. The third-order valence-corrected chi connectivity index (χ3v) is 2.57. The van der Waals surface area contributed by atoms with Crippen molar-refractivity contribution in [3.8, 4) is 11.8 Å². The van der Waals surface area contributed by atoms with Crippen LogP contribution in [-0.2, 0) is 11.2 Å². The van der Waals surface area contributed by atoms with E-state index in [0.29, 0.717) is 17.2 Å². The van der Waals surface area contributed by atoms with E-state index in [9.17, 15) is 4.79 Å². The van der Waals surface area contributed by atoms with Crippen LogP contribution in [-0.4, -0.2) is 18.6 Å². The van der Waals surface area contributed by atoms with E-state index >= 15 is 0 Å². The Hall–Kier alpha value is -1.73. The van der Waals surface area contributed by atoms with Gasteiger partial charge in [-0.1, -0.05) is 11.6 Å². The highest BCUT2D eigenvalue weighted by Gasteiger charge is 2.28. The number of carbonyl (C=O) groups excluding carboxylic acids is 1. The lowest BCUT2D eigenvalue weighted by Gasteiger charge is -2.08. The number of nitriles is 1. The van der Waals surface area contributed by atoms with E-state index in [4.69, 9.17) is 21.6 Å². The molecule has 1 aromatic carbocycles. The fourth-order valence-corrected chi connectivity index (χ4v) is 1.80. The summed E-state index contributed by atoms with van der Waals surface area (Å²) < 4.78 is 5.44. The van der Waals surface area contributed by atoms with Crippen molar-refractivity contribution in [3.05, 3.63) is 28.8 Å². The number of benzene rings is 1. The number of hydrogen-bond donors (Lipinski definition) is 1. The maximum Gasteiger partial charge on any atom is 0.262 e. The molecule has 1 aromatic rings. The van der Waals surface area contributed by atoms with Crippen molar-refractivity contribution in [3.63, 3.8) is 0 Å². The van der Waals surface area contributed by atoms with E-state index in [1.807, 2.05) is 6.07 Å². The molecule has 1 heterocycles. The zero-order valence-electron chi connectivity index (χ0n) is 8.37. The highest BCUT2D eigenvalue weighted by atomic mass is 35.5. The minimum absolute atomic E-state index is 0.00417. The monoisotopic (exact) mass is 236 g/mol. The molecule has 82 valence electrons. The molecule has 1 N–H and O–H groups in total. The Labute approximate surface area is 97.8 Å². The lowest BCUT2D eigenvalue weighted by Crippen LogP contribution is -2.37. The van der Waals surface area contributed by atoms with E-state index < -0.39 is 6.10 Å². The molecule has 0 radical (unpaired) electrons. The summed E-state index contributed by atoms with van der Waals surface area (Å²) in [6.07, 6.45) is -0.0607. The average molecular weight is 237 g/mol. The Morgan fingerprint density at radius 2 is 2.50 bits per heavy atom. The first-order valence-electron chi connectivity index (χ1n) is 4.80. The second-order valence-corrected chi connectivity index (χ2v) is 3.88. The van der Waals surface area contributed by atoms with Gasteiger partial charge in [0, 0.05) is 11.4 Å². The Kier molecular flexibility index (Phi) is 2.97. The lowest BCUT2D eigenvalue weighted by molar-refractivity contribution is -0.126. The Morgan fingerprint density at radius 1 is 1.69 bits per heavy atom. The van der Waals surface area contributed by atoms with Gasteiger partial charge in [0.05, 0.1) is 6.07 Å². The molecule has 16 heavy (non-hydrogen) atoms. The van der Waals surface area contributed by atoms with Crippen molar-refractivity contribution < 1.29 is 9.53 Å². The molecule has 0 bridgehead atoms. The molecular formula is C11H9ClN2O2. The summed E-state index contributed by atoms with van der Waals surface area (Å²) in [5, 5.41) is 11.4. The molecule has 2 rings (SSSR count). The number of fused-ring (bicyclic) bond motifs is 1. The molecule has 0 saturated carbocycles. The predicted octanol–water partition coefficient (Wildman–Crippen LogP) is 1.28. The van der Waals surface area contributed by atoms with Crippen LogP contribution in [0.2, 0.25) is 5.02 Å². The summed E-state index contributed by atoms with van der Waals surface area (Å²) in [6, 6.07) is 7.09. The zero-order chi connectivity index (χ0) is 11.5. The molecule has 0 aliphatic carbocycles. The lowest BCUT2D eigenvalue weighted by atomic mass is 10.1. The molecule has 1 amide bonds. The van der Waals surface area contributed by atoms with Crippen molar-refractivity contribution in [2.45, 2.75) is 12.5 Å². The van der Waals surface area contributed by atoms with Crippen molar-refractivity contribution in [2.24, 2.45) is 0 Å². The number of nitrogens with zero attached hydrogens (tertiary/aromatic N) is 1. The Balaban J connectivity index is 2.05. The molecule has 4 nitrogen and oxygen atoms in total. The molecular weight excluding hydrogens is 228 g/mol. The quantitative estimate of drug-likeness (QED) is 0.787. The van der Waals surface area contributed by atoms with Crippen molar-refractivity contribution in [1.82, 2.24) is 5.32 Å². The van der Waals surface area contributed by atoms with Crippen LogP contribution in [0.4, 0.5) is 0 Å². The zero-order valence-corrected chi connectivity index (χ0v) is 9.12. The molecule has 1 atom stereocenters. The number of hydrogen-bond acceptors (Lipinski definition) is 3. The number of nitrogens with one attached hydrogen (secondary N) is 1. The van der Waals surface area contributed by atoms with E-state index in [1.54, 1.807) is 18.2 Å². The molecule has 0 unspecified atom stereocenters. The van der Waals surface area contributed by atoms with Crippen LogP contribution < -0.4 is 10.1 Å². The fourth-order valence-electron chi connectivity index (χ4n) is 1.60. The number of halogens is 1. The molecule has 0 spiro atoms. The molecule has 1 aliphatic heterocycles. The van der Waals surface area contributed by atoms with Gasteiger partial charge in [0.1, 0.15) is 12.3 Å².